The number of aliphatic carboxylic acids is 1. The normalized spacial score (nSPS) is 24.8. The van der Waals surface area contributed by atoms with Crippen LogP contribution < -0.4 is 5.32 Å². The third-order valence-electron chi connectivity index (χ3n) is 3.03. The maximum Gasteiger partial charge on any atom is 0.326 e. The van der Waals surface area contributed by atoms with Crippen molar-refractivity contribution in [2.75, 3.05) is 0 Å². The molecule has 90 valence electrons. The number of hydrogen-bond donors (Lipinski definition) is 2. The monoisotopic (exact) mass is 234 g/mol. The molecule has 0 aromatic carbocycles. The zero-order valence-corrected chi connectivity index (χ0v) is 9.30. The first kappa shape index (κ1) is 11.6. The van der Waals surface area contributed by atoms with E-state index in [0.717, 1.165) is 5.56 Å². The van der Waals surface area contributed by atoms with Crippen LogP contribution in [0.25, 0.3) is 0 Å². The van der Waals surface area contributed by atoms with Crippen molar-refractivity contribution in [3.05, 3.63) is 30.1 Å². The average Bonchev–Trinajstić information content (AvgIpc) is 2.52. The first-order valence-corrected chi connectivity index (χ1v) is 5.59. The molecule has 0 radical (unpaired) electrons. The van der Waals surface area contributed by atoms with Crippen LogP contribution in [0.2, 0.25) is 0 Å². The number of rotatable bonds is 2. The van der Waals surface area contributed by atoms with Crippen LogP contribution in [-0.4, -0.2) is 28.0 Å². The van der Waals surface area contributed by atoms with E-state index in [9.17, 15) is 9.59 Å². The fourth-order valence-corrected chi connectivity index (χ4v) is 2.12. The van der Waals surface area contributed by atoms with E-state index in [4.69, 9.17) is 5.11 Å². The highest BCUT2D eigenvalue weighted by Gasteiger charge is 2.28. The second-order valence-electron chi connectivity index (χ2n) is 4.22. The number of pyridine rings is 1. The zero-order valence-electron chi connectivity index (χ0n) is 9.30. The molecule has 0 saturated carbocycles. The van der Waals surface area contributed by atoms with Gasteiger partial charge in [0.25, 0.3) is 0 Å². The molecule has 1 aromatic heterocycles. The minimum Gasteiger partial charge on any atom is -0.480 e. The third-order valence-corrected chi connectivity index (χ3v) is 3.03. The molecule has 0 aliphatic carbocycles. The number of carbonyl (C=O) groups excluding carboxylic acids is 1. The van der Waals surface area contributed by atoms with Gasteiger partial charge in [-0.3, -0.25) is 9.78 Å². The summed E-state index contributed by atoms with van der Waals surface area (Å²) in [5, 5.41) is 11.5. The minimum atomic E-state index is -0.978. The third kappa shape index (κ3) is 2.81. The van der Waals surface area contributed by atoms with Crippen LogP contribution in [-0.2, 0) is 9.59 Å². The first-order valence-electron chi connectivity index (χ1n) is 5.59. The van der Waals surface area contributed by atoms with E-state index >= 15 is 0 Å². The Hall–Kier alpha value is -1.91. The standard InChI is InChI=1S/C12H14N2O3/c15-11-4-3-8(6-10(14-11)12(16)17)9-2-1-5-13-7-9/h1-2,5,7-8,10H,3-4,6H2,(H,14,15)(H,16,17). The number of carboxylic acid groups (broad SMARTS) is 1. The summed E-state index contributed by atoms with van der Waals surface area (Å²) in [6, 6.07) is 2.95. The molecule has 1 fully saturated rings. The van der Waals surface area contributed by atoms with Crippen molar-refractivity contribution < 1.29 is 14.7 Å². The summed E-state index contributed by atoms with van der Waals surface area (Å²) in [7, 11) is 0. The van der Waals surface area contributed by atoms with E-state index in [-0.39, 0.29) is 11.8 Å². The quantitative estimate of drug-likeness (QED) is 0.797. The van der Waals surface area contributed by atoms with E-state index in [0.29, 0.717) is 19.3 Å². The Morgan fingerprint density at radius 1 is 1.53 bits per heavy atom. The van der Waals surface area contributed by atoms with Crippen LogP contribution >= 0.6 is 0 Å². The lowest BCUT2D eigenvalue weighted by Crippen LogP contribution is -2.39. The Balaban J connectivity index is 2.18. The molecule has 2 atom stereocenters. The van der Waals surface area contributed by atoms with Gasteiger partial charge in [0.15, 0.2) is 0 Å². The van der Waals surface area contributed by atoms with Gasteiger partial charge < -0.3 is 10.4 Å². The molecule has 5 heteroatoms. The van der Waals surface area contributed by atoms with Gasteiger partial charge in [0.05, 0.1) is 0 Å². The van der Waals surface area contributed by atoms with Gasteiger partial charge in [-0.1, -0.05) is 6.07 Å². The van der Waals surface area contributed by atoms with E-state index in [1.807, 2.05) is 12.1 Å². The van der Waals surface area contributed by atoms with Gasteiger partial charge in [-0.25, -0.2) is 4.79 Å². The first-order chi connectivity index (χ1) is 8.16. The van der Waals surface area contributed by atoms with Crippen molar-refractivity contribution in [1.29, 1.82) is 0 Å². The molecule has 1 aliphatic heterocycles. The number of carboxylic acids is 1. The predicted molar refractivity (Wildman–Crippen MR) is 60.4 cm³/mol. The minimum absolute atomic E-state index is 0.0729. The maximum atomic E-state index is 11.4. The molecule has 1 saturated heterocycles. The Morgan fingerprint density at radius 2 is 2.35 bits per heavy atom. The van der Waals surface area contributed by atoms with Crippen molar-refractivity contribution in [3.63, 3.8) is 0 Å². The second kappa shape index (κ2) is 4.95. The Labute approximate surface area is 98.9 Å². The zero-order chi connectivity index (χ0) is 12.3. The van der Waals surface area contributed by atoms with Crippen molar-refractivity contribution in [2.45, 2.75) is 31.2 Å². The number of nitrogens with zero attached hydrogens (tertiary/aromatic N) is 1. The maximum absolute atomic E-state index is 11.4. The molecule has 17 heavy (non-hydrogen) atoms. The molecule has 2 rings (SSSR count). The van der Waals surface area contributed by atoms with Gasteiger partial charge in [-0.05, 0) is 30.4 Å². The molecule has 0 bridgehead atoms. The molecule has 1 aromatic rings. The molecule has 2 unspecified atom stereocenters. The molecule has 1 amide bonds. The van der Waals surface area contributed by atoms with Crippen LogP contribution in [0.5, 0.6) is 0 Å². The fraction of sp³-hybridized carbons (Fsp3) is 0.417. The smallest absolute Gasteiger partial charge is 0.326 e. The summed E-state index contributed by atoms with van der Waals surface area (Å²) >= 11 is 0. The largest absolute Gasteiger partial charge is 0.480 e. The van der Waals surface area contributed by atoms with Crippen molar-refractivity contribution in [3.8, 4) is 0 Å². The van der Waals surface area contributed by atoms with Crippen molar-refractivity contribution >= 4 is 11.9 Å². The average molecular weight is 234 g/mol. The van der Waals surface area contributed by atoms with Gasteiger partial charge >= 0.3 is 5.97 Å². The highest BCUT2D eigenvalue weighted by Crippen LogP contribution is 2.27. The summed E-state index contributed by atoms with van der Waals surface area (Å²) in [4.78, 5) is 26.4. The lowest BCUT2D eigenvalue weighted by Gasteiger charge is -2.16. The molecule has 2 heterocycles. The second-order valence-corrected chi connectivity index (χ2v) is 4.22. The number of nitrogens with one attached hydrogen (secondary N) is 1. The SMILES string of the molecule is O=C1CCC(c2cccnc2)CC(C(=O)O)N1. The van der Waals surface area contributed by atoms with Crippen LogP contribution in [0, 0.1) is 0 Å². The van der Waals surface area contributed by atoms with Crippen LogP contribution in [0.3, 0.4) is 0 Å². The van der Waals surface area contributed by atoms with E-state index in [1.54, 1.807) is 12.4 Å². The van der Waals surface area contributed by atoms with Crippen LogP contribution in [0.1, 0.15) is 30.7 Å². The Kier molecular flexibility index (Phi) is 3.37. The van der Waals surface area contributed by atoms with E-state index < -0.39 is 12.0 Å². The van der Waals surface area contributed by atoms with Crippen molar-refractivity contribution in [1.82, 2.24) is 10.3 Å². The lowest BCUT2D eigenvalue weighted by molar-refractivity contribution is -0.141. The lowest BCUT2D eigenvalue weighted by atomic mass is 9.91. The van der Waals surface area contributed by atoms with Crippen LogP contribution in [0.15, 0.2) is 24.5 Å². The summed E-state index contributed by atoms with van der Waals surface area (Å²) < 4.78 is 0. The van der Waals surface area contributed by atoms with Gasteiger partial charge in [0.1, 0.15) is 6.04 Å². The van der Waals surface area contributed by atoms with E-state index in [2.05, 4.69) is 10.3 Å². The van der Waals surface area contributed by atoms with Crippen molar-refractivity contribution in [2.24, 2.45) is 0 Å². The Bertz CT molecular complexity index is 419. The van der Waals surface area contributed by atoms with E-state index in [1.165, 1.54) is 0 Å². The molecule has 5 nitrogen and oxygen atoms in total. The van der Waals surface area contributed by atoms with Crippen LogP contribution in [0.4, 0.5) is 0 Å². The number of carbonyl (C=O) groups is 2. The number of amides is 1. The molecule has 1 aliphatic rings. The number of aromatic nitrogens is 1. The summed E-state index contributed by atoms with van der Waals surface area (Å²) in [6.07, 6.45) is 4.87. The summed E-state index contributed by atoms with van der Waals surface area (Å²) in [5.41, 5.74) is 0.996. The van der Waals surface area contributed by atoms with Gasteiger partial charge in [-0.15, -0.1) is 0 Å². The molecular formula is C12H14N2O3. The highest BCUT2D eigenvalue weighted by atomic mass is 16.4. The van der Waals surface area contributed by atoms with Gasteiger partial charge in [0.2, 0.25) is 5.91 Å². The van der Waals surface area contributed by atoms with Gasteiger partial charge in [0, 0.05) is 18.8 Å². The topological polar surface area (TPSA) is 79.3 Å². The van der Waals surface area contributed by atoms with Gasteiger partial charge in [-0.2, -0.15) is 0 Å². The molecule has 2 N–H and O–H groups in total. The summed E-state index contributed by atoms with van der Waals surface area (Å²) in [5.74, 6) is -1.10. The predicted octanol–water partition coefficient (Wildman–Crippen LogP) is 0.918. The fourth-order valence-electron chi connectivity index (χ4n) is 2.12. The molecule has 0 spiro atoms. The Morgan fingerprint density at radius 3 is 3.00 bits per heavy atom. The number of hydrogen-bond acceptors (Lipinski definition) is 3. The summed E-state index contributed by atoms with van der Waals surface area (Å²) in [6.45, 7) is 0. The molecular weight excluding hydrogens is 220 g/mol. The highest BCUT2D eigenvalue weighted by molar-refractivity contribution is 5.84.